The molecule has 0 saturated carbocycles. The lowest BCUT2D eigenvalue weighted by Crippen LogP contribution is -2.42. The molecule has 5 nitrogen and oxygen atoms in total. The van der Waals surface area contributed by atoms with E-state index in [1.54, 1.807) is 28.6 Å². The van der Waals surface area contributed by atoms with Crippen molar-refractivity contribution in [3.8, 4) is 0 Å². The number of hydrogen-bond donors (Lipinski definition) is 0. The molecule has 1 aliphatic heterocycles. The summed E-state index contributed by atoms with van der Waals surface area (Å²) >= 11 is 5.83. The van der Waals surface area contributed by atoms with E-state index >= 15 is 0 Å². The molecule has 0 aromatic heterocycles. The minimum atomic E-state index is -3.56. The normalized spacial score (nSPS) is 20.7. The molecule has 28 heavy (non-hydrogen) atoms. The number of esters is 1. The molecule has 0 spiro atoms. The van der Waals surface area contributed by atoms with Crippen molar-refractivity contribution in [3.05, 3.63) is 64.7 Å². The van der Waals surface area contributed by atoms with E-state index < -0.39 is 16.0 Å². The molecule has 0 aliphatic carbocycles. The van der Waals surface area contributed by atoms with E-state index in [9.17, 15) is 13.2 Å². The zero-order valence-electron chi connectivity index (χ0n) is 16.0. The molecule has 2 atom stereocenters. The number of ether oxygens (including phenoxy) is 1. The maximum absolute atomic E-state index is 12.9. The molecule has 1 heterocycles. The molecule has 1 fully saturated rings. The SMILES string of the molecule is C[C@@H]1C[C@@H](C)CN(S(=O)(=O)c2ccc(C(=O)OCc3ccc(Cl)cc3)cc2)C1. The van der Waals surface area contributed by atoms with Crippen LogP contribution >= 0.6 is 11.6 Å². The van der Waals surface area contributed by atoms with Gasteiger partial charge in [-0.2, -0.15) is 4.31 Å². The van der Waals surface area contributed by atoms with Crippen LogP contribution in [0.5, 0.6) is 0 Å². The quantitative estimate of drug-likeness (QED) is 0.672. The molecule has 1 saturated heterocycles. The summed E-state index contributed by atoms with van der Waals surface area (Å²) < 4.78 is 32.6. The topological polar surface area (TPSA) is 63.7 Å². The number of nitrogens with zero attached hydrogens (tertiary/aromatic N) is 1. The number of piperidine rings is 1. The van der Waals surface area contributed by atoms with Gasteiger partial charge in [-0.3, -0.25) is 0 Å². The summed E-state index contributed by atoms with van der Waals surface area (Å²) in [5.41, 5.74) is 1.14. The molecular weight excluding hydrogens is 398 g/mol. The van der Waals surface area contributed by atoms with Crippen molar-refractivity contribution in [1.82, 2.24) is 4.31 Å². The second-order valence-corrected chi connectivity index (χ2v) is 9.87. The average molecular weight is 422 g/mol. The third kappa shape index (κ3) is 4.93. The lowest BCUT2D eigenvalue weighted by Gasteiger charge is -2.34. The Bertz CT molecular complexity index is 916. The maximum Gasteiger partial charge on any atom is 0.338 e. The fraction of sp³-hybridized carbons (Fsp3) is 0.381. The molecule has 0 N–H and O–H groups in total. The van der Waals surface area contributed by atoms with E-state index in [0.717, 1.165) is 12.0 Å². The summed E-state index contributed by atoms with van der Waals surface area (Å²) in [7, 11) is -3.56. The third-order valence-corrected chi connectivity index (χ3v) is 6.94. The standard InChI is InChI=1S/C21H24ClNO4S/c1-15-11-16(2)13-23(12-15)28(25,26)20-9-5-18(6-10-20)21(24)27-14-17-3-7-19(22)8-4-17/h3-10,15-16H,11-14H2,1-2H3/t15-,16-/m1/s1. The Kier molecular flexibility index (Phi) is 6.43. The van der Waals surface area contributed by atoms with Gasteiger partial charge in [-0.25, -0.2) is 13.2 Å². The first-order valence-corrected chi connectivity index (χ1v) is 11.1. The summed E-state index contributed by atoms with van der Waals surface area (Å²) in [4.78, 5) is 12.4. The molecule has 0 bridgehead atoms. The Hall–Kier alpha value is -1.89. The lowest BCUT2D eigenvalue weighted by atomic mass is 9.94. The smallest absolute Gasteiger partial charge is 0.338 e. The van der Waals surface area contributed by atoms with Crippen molar-refractivity contribution < 1.29 is 17.9 Å². The average Bonchev–Trinajstić information content (AvgIpc) is 2.66. The third-order valence-electron chi connectivity index (χ3n) is 4.85. The molecule has 2 aromatic carbocycles. The zero-order chi connectivity index (χ0) is 20.3. The fourth-order valence-electron chi connectivity index (χ4n) is 3.53. The van der Waals surface area contributed by atoms with Crippen molar-refractivity contribution in [2.75, 3.05) is 13.1 Å². The van der Waals surface area contributed by atoms with Gasteiger partial charge >= 0.3 is 5.97 Å². The number of benzene rings is 2. The summed E-state index contributed by atoms with van der Waals surface area (Å²) in [5.74, 6) is 0.167. The van der Waals surface area contributed by atoms with Crippen LogP contribution in [0.3, 0.4) is 0 Å². The minimum absolute atomic E-state index is 0.125. The Morgan fingerprint density at radius 3 is 2.18 bits per heavy atom. The van der Waals surface area contributed by atoms with Gasteiger partial charge in [-0.1, -0.05) is 37.6 Å². The predicted molar refractivity (Wildman–Crippen MR) is 109 cm³/mol. The van der Waals surface area contributed by atoms with Gasteiger partial charge in [0.15, 0.2) is 0 Å². The van der Waals surface area contributed by atoms with Crippen LogP contribution in [0.25, 0.3) is 0 Å². The van der Waals surface area contributed by atoms with E-state index in [1.807, 2.05) is 0 Å². The Balaban J connectivity index is 1.66. The number of hydrogen-bond acceptors (Lipinski definition) is 4. The van der Waals surface area contributed by atoms with E-state index in [2.05, 4.69) is 13.8 Å². The minimum Gasteiger partial charge on any atom is -0.457 e. The van der Waals surface area contributed by atoms with Gasteiger partial charge in [-0.15, -0.1) is 0 Å². The highest BCUT2D eigenvalue weighted by molar-refractivity contribution is 7.89. The first-order valence-electron chi connectivity index (χ1n) is 9.27. The number of carbonyl (C=O) groups excluding carboxylic acids is 1. The van der Waals surface area contributed by atoms with Gasteiger partial charge in [0.2, 0.25) is 10.0 Å². The second kappa shape index (κ2) is 8.64. The van der Waals surface area contributed by atoms with Gasteiger partial charge in [0.1, 0.15) is 6.61 Å². The maximum atomic E-state index is 12.9. The van der Waals surface area contributed by atoms with Crippen LogP contribution in [0.4, 0.5) is 0 Å². The van der Waals surface area contributed by atoms with E-state index in [1.165, 1.54) is 24.3 Å². The van der Waals surface area contributed by atoms with Crippen molar-refractivity contribution in [3.63, 3.8) is 0 Å². The van der Waals surface area contributed by atoms with Crippen LogP contribution in [0.2, 0.25) is 5.02 Å². The Morgan fingerprint density at radius 1 is 1.04 bits per heavy atom. The van der Waals surface area contributed by atoms with Crippen LogP contribution < -0.4 is 0 Å². The summed E-state index contributed by atoms with van der Waals surface area (Å²) in [5, 5.41) is 0.615. The summed E-state index contributed by atoms with van der Waals surface area (Å²) in [6.07, 6.45) is 1.03. The summed E-state index contributed by atoms with van der Waals surface area (Å²) in [6, 6.07) is 13.0. The summed E-state index contributed by atoms with van der Waals surface area (Å²) in [6.45, 7) is 5.31. The van der Waals surface area contributed by atoms with Crippen molar-refractivity contribution in [1.29, 1.82) is 0 Å². The van der Waals surface area contributed by atoms with Gasteiger partial charge in [0, 0.05) is 18.1 Å². The van der Waals surface area contributed by atoms with Crippen LogP contribution in [0.1, 0.15) is 36.2 Å². The second-order valence-electron chi connectivity index (χ2n) is 7.50. The Labute approximate surface area is 171 Å². The fourth-order valence-corrected chi connectivity index (χ4v) is 5.33. The van der Waals surface area contributed by atoms with Crippen molar-refractivity contribution >= 4 is 27.6 Å². The van der Waals surface area contributed by atoms with E-state index in [-0.39, 0.29) is 11.5 Å². The van der Waals surface area contributed by atoms with Crippen LogP contribution in [-0.4, -0.2) is 31.8 Å². The molecule has 3 rings (SSSR count). The Morgan fingerprint density at radius 2 is 1.61 bits per heavy atom. The van der Waals surface area contributed by atoms with Crippen LogP contribution in [0, 0.1) is 11.8 Å². The number of sulfonamides is 1. The zero-order valence-corrected chi connectivity index (χ0v) is 17.5. The largest absolute Gasteiger partial charge is 0.457 e. The molecule has 0 unspecified atom stereocenters. The van der Waals surface area contributed by atoms with Crippen LogP contribution in [-0.2, 0) is 21.4 Å². The lowest BCUT2D eigenvalue weighted by molar-refractivity contribution is 0.0472. The van der Waals surface area contributed by atoms with E-state index in [4.69, 9.17) is 16.3 Å². The van der Waals surface area contributed by atoms with Crippen molar-refractivity contribution in [2.45, 2.75) is 31.8 Å². The first-order chi connectivity index (χ1) is 13.3. The predicted octanol–water partition coefficient (Wildman–Crippen LogP) is 4.36. The highest BCUT2D eigenvalue weighted by Gasteiger charge is 2.31. The van der Waals surface area contributed by atoms with Gasteiger partial charge < -0.3 is 4.74 Å². The molecule has 7 heteroatoms. The van der Waals surface area contributed by atoms with Crippen molar-refractivity contribution in [2.24, 2.45) is 11.8 Å². The van der Waals surface area contributed by atoms with E-state index in [0.29, 0.717) is 35.5 Å². The van der Waals surface area contributed by atoms with Gasteiger partial charge in [0.05, 0.1) is 10.5 Å². The molecule has 1 aliphatic rings. The molecular formula is C21H24ClNO4S. The highest BCUT2D eigenvalue weighted by atomic mass is 35.5. The first kappa shape index (κ1) is 20.8. The van der Waals surface area contributed by atoms with Gasteiger partial charge in [0.25, 0.3) is 0 Å². The number of rotatable bonds is 5. The molecule has 0 radical (unpaired) electrons. The molecule has 150 valence electrons. The monoisotopic (exact) mass is 421 g/mol. The molecule has 0 amide bonds. The molecule has 2 aromatic rings. The van der Waals surface area contributed by atoms with Gasteiger partial charge in [-0.05, 0) is 60.2 Å². The highest BCUT2D eigenvalue weighted by Crippen LogP contribution is 2.26. The number of carbonyl (C=O) groups is 1. The number of halogens is 1. The van der Waals surface area contributed by atoms with Crippen LogP contribution in [0.15, 0.2) is 53.4 Å².